The van der Waals surface area contributed by atoms with Crippen LogP contribution in [0.3, 0.4) is 0 Å². The molecular formula is C22H23FN4O. The summed E-state index contributed by atoms with van der Waals surface area (Å²) in [4.78, 5) is 20.7. The van der Waals surface area contributed by atoms with Gasteiger partial charge < -0.3 is 10.6 Å². The quantitative estimate of drug-likeness (QED) is 0.647. The first-order valence-corrected chi connectivity index (χ1v) is 9.27. The van der Waals surface area contributed by atoms with Gasteiger partial charge >= 0.3 is 0 Å². The number of halogens is 1. The van der Waals surface area contributed by atoms with Crippen molar-refractivity contribution < 1.29 is 9.18 Å². The summed E-state index contributed by atoms with van der Waals surface area (Å²) in [6.07, 6.45) is 4.29. The van der Waals surface area contributed by atoms with Crippen molar-refractivity contribution in [2.24, 2.45) is 0 Å². The van der Waals surface area contributed by atoms with Crippen LogP contribution in [-0.2, 0) is 12.8 Å². The molecule has 3 rings (SSSR count). The molecule has 3 aromatic rings. The van der Waals surface area contributed by atoms with E-state index in [0.717, 1.165) is 17.7 Å². The van der Waals surface area contributed by atoms with Gasteiger partial charge in [0.05, 0.1) is 12.4 Å². The zero-order chi connectivity index (χ0) is 19.9. The van der Waals surface area contributed by atoms with Crippen LogP contribution in [0.4, 0.5) is 15.9 Å². The monoisotopic (exact) mass is 378 g/mol. The highest BCUT2D eigenvalue weighted by Crippen LogP contribution is 2.24. The van der Waals surface area contributed by atoms with E-state index in [9.17, 15) is 9.18 Å². The lowest BCUT2D eigenvalue weighted by Crippen LogP contribution is -2.26. The fourth-order valence-corrected chi connectivity index (χ4v) is 2.94. The number of benzene rings is 2. The smallest absolute Gasteiger partial charge is 0.271 e. The summed E-state index contributed by atoms with van der Waals surface area (Å²) in [6, 6.07) is 12.7. The van der Waals surface area contributed by atoms with Crippen LogP contribution < -0.4 is 10.6 Å². The van der Waals surface area contributed by atoms with Gasteiger partial charge in [-0.1, -0.05) is 43.3 Å². The Balaban J connectivity index is 1.60. The Hall–Kier alpha value is -3.28. The van der Waals surface area contributed by atoms with E-state index in [1.165, 1.54) is 24.0 Å². The molecule has 0 fully saturated rings. The fourth-order valence-electron chi connectivity index (χ4n) is 2.94. The van der Waals surface area contributed by atoms with Gasteiger partial charge in [-0.15, -0.1) is 0 Å². The lowest BCUT2D eigenvalue weighted by atomic mass is 10.1. The molecule has 1 heterocycles. The van der Waals surface area contributed by atoms with E-state index >= 15 is 0 Å². The molecule has 0 bridgehead atoms. The highest BCUT2D eigenvalue weighted by molar-refractivity contribution is 5.92. The summed E-state index contributed by atoms with van der Waals surface area (Å²) in [6.45, 7) is 4.46. The Labute approximate surface area is 164 Å². The largest absolute Gasteiger partial charge is 0.350 e. The van der Waals surface area contributed by atoms with Gasteiger partial charge in [-0.05, 0) is 42.5 Å². The zero-order valence-electron chi connectivity index (χ0n) is 16.0. The molecule has 0 aliphatic carbocycles. The summed E-state index contributed by atoms with van der Waals surface area (Å²) in [5.41, 5.74) is 4.12. The standard InChI is InChI=1S/C22H23FN4O/c1-3-16-9-6-7-15(2)21(16)27-20-14-25-19(13-26-20)22(28)24-12-11-17-8-4-5-10-18(17)23/h4-10,13-14H,3,11-12H2,1-2H3,(H,24,28)(H,26,27). The number of aromatic nitrogens is 2. The van der Waals surface area contributed by atoms with E-state index in [0.29, 0.717) is 24.3 Å². The van der Waals surface area contributed by atoms with Crippen LogP contribution in [0, 0.1) is 12.7 Å². The molecule has 1 amide bonds. The first-order valence-electron chi connectivity index (χ1n) is 9.27. The lowest BCUT2D eigenvalue weighted by Gasteiger charge is -2.13. The van der Waals surface area contributed by atoms with Crippen molar-refractivity contribution in [3.05, 3.63) is 83.1 Å². The number of carbonyl (C=O) groups excluding carboxylic acids is 1. The normalized spacial score (nSPS) is 10.5. The predicted molar refractivity (Wildman–Crippen MR) is 108 cm³/mol. The Kier molecular flexibility index (Phi) is 6.32. The van der Waals surface area contributed by atoms with Crippen molar-refractivity contribution in [2.45, 2.75) is 26.7 Å². The van der Waals surface area contributed by atoms with E-state index in [4.69, 9.17) is 0 Å². The van der Waals surface area contributed by atoms with Gasteiger partial charge in [-0.25, -0.2) is 14.4 Å². The van der Waals surface area contributed by atoms with Gasteiger partial charge in [0.25, 0.3) is 5.91 Å². The molecule has 6 heteroatoms. The number of nitrogens with one attached hydrogen (secondary N) is 2. The Bertz CT molecular complexity index is 957. The van der Waals surface area contributed by atoms with Crippen LogP contribution >= 0.6 is 0 Å². The molecule has 144 valence electrons. The van der Waals surface area contributed by atoms with Gasteiger partial charge in [0.1, 0.15) is 17.3 Å². The van der Waals surface area contributed by atoms with Gasteiger partial charge in [0.2, 0.25) is 0 Å². The molecule has 0 radical (unpaired) electrons. The van der Waals surface area contributed by atoms with Gasteiger partial charge in [0.15, 0.2) is 0 Å². The summed E-state index contributed by atoms with van der Waals surface area (Å²) in [5.74, 6) is -0.0259. The third kappa shape index (κ3) is 4.71. The van der Waals surface area contributed by atoms with Crippen molar-refractivity contribution in [1.82, 2.24) is 15.3 Å². The number of hydrogen-bond acceptors (Lipinski definition) is 4. The average molecular weight is 378 g/mol. The Morgan fingerprint density at radius 1 is 1.04 bits per heavy atom. The third-order valence-electron chi connectivity index (χ3n) is 4.52. The maximum atomic E-state index is 13.6. The number of hydrogen-bond donors (Lipinski definition) is 2. The van der Waals surface area contributed by atoms with Crippen molar-refractivity contribution in [2.75, 3.05) is 11.9 Å². The topological polar surface area (TPSA) is 66.9 Å². The minimum absolute atomic E-state index is 0.222. The predicted octanol–water partition coefficient (Wildman–Crippen LogP) is 4.20. The lowest BCUT2D eigenvalue weighted by molar-refractivity contribution is 0.0948. The molecule has 2 aromatic carbocycles. The average Bonchev–Trinajstić information content (AvgIpc) is 2.71. The molecule has 0 saturated carbocycles. The molecule has 1 aromatic heterocycles. The molecule has 0 saturated heterocycles. The zero-order valence-corrected chi connectivity index (χ0v) is 16.0. The van der Waals surface area contributed by atoms with Gasteiger partial charge in [0, 0.05) is 12.2 Å². The van der Waals surface area contributed by atoms with Crippen molar-refractivity contribution in [3.8, 4) is 0 Å². The first-order chi connectivity index (χ1) is 13.6. The highest BCUT2D eigenvalue weighted by atomic mass is 19.1. The van der Waals surface area contributed by atoms with E-state index < -0.39 is 0 Å². The van der Waals surface area contributed by atoms with Gasteiger partial charge in [-0.2, -0.15) is 0 Å². The molecule has 0 aliphatic rings. The van der Waals surface area contributed by atoms with Crippen molar-refractivity contribution >= 4 is 17.4 Å². The second-order valence-electron chi connectivity index (χ2n) is 6.47. The van der Waals surface area contributed by atoms with E-state index in [-0.39, 0.29) is 17.4 Å². The van der Waals surface area contributed by atoms with Crippen LogP contribution in [0.2, 0.25) is 0 Å². The van der Waals surface area contributed by atoms with E-state index in [1.807, 2.05) is 19.1 Å². The second kappa shape index (κ2) is 9.08. The number of para-hydroxylation sites is 1. The second-order valence-corrected chi connectivity index (χ2v) is 6.47. The van der Waals surface area contributed by atoms with Crippen molar-refractivity contribution in [3.63, 3.8) is 0 Å². The number of anilines is 2. The Morgan fingerprint density at radius 2 is 1.82 bits per heavy atom. The SMILES string of the molecule is CCc1cccc(C)c1Nc1cnc(C(=O)NCCc2ccccc2F)cn1. The summed E-state index contributed by atoms with van der Waals surface area (Å²) < 4.78 is 13.6. The van der Waals surface area contributed by atoms with Crippen LogP contribution in [0.1, 0.15) is 34.1 Å². The summed E-state index contributed by atoms with van der Waals surface area (Å²) in [7, 11) is 0. The van der Waals surface area contributed by atoms with Gasteiger partial charge in [-0.3, -0.25) is 4.79 Å². The third-order valence-corrected chi connectivity index (χ3v) is 4.52. The fraction of sp³-hybridized carbons (Fsp3) is 0.227. The number of aryl methyl sites for hydroxylation is 2. The molecule has 0 spiro atoms. The van der Waals surface area contributed by atoms with Crippen LogP contribution in [0.15, 0.2) is 54.9 Å². The molecule has 0 aliphatic heterocycles. The molecule has 0 atom stereocenters. The number of nitrogens with zero attached hydrogens (tertiary/aromatic N) is 2. The number of carbonyl (C=O) groups is 1. The molecule has 5 nitrogen and oxygen atoms in total. The maximum Gasteiger partial charge on any atom is 0.271 e. The first kappa shape index (κ1) is 19.5. The molecule has 28 heavy (non-hydrogen) atoms. The van der Waals surface area contributed by atoms with Crippen molar-refractivity contribution in [1.29, 1.82) is 0 Å². The number of rotatable bonds is 7. The Morgan fingerprint density at radius 3 is 2.54 bits per heavy atom. The molecule has 0 unspecified atom stereocenters. The summed E-state index contributed by atoms with van der Waals surface area (Å²) >= 11 is 0. The highest BCUT2D eigenvalue weighted by Gasteiger charge is 2.10. The maximum absolute atomic E-state index is 13.6. The van der Waals surface area contributed by atoms with E-state index in [2.05, 4.69) is 33.6 Å². The van der Waals surface area contributed by atoms with Crippen LogP contribution in [0.5, 0.6) is 0 Å². The molecule has 2 N–H and O–H groups in total. The minimum Gasteiger partial charge on any atom is -0.350 e. The molecular weight excluding hydrogens is 355 g/mol. The number of amides is 1. The minimum atomic E-state index is -0.333. The summed E-state index contributed by atoms with van der Waals surface area (Å²) in [5, 5.41) is 6.02. The van der Waals surface area contributed by atoms with Crippen LogP contribution in [0.25, 0.3) is 0 Å². The van der Waals surface area contributed by atoms with E-state index in [1.54, 1.807) is 18.2 Å². The van der Waals surface area contributed by atoms with Crippen LogP contribution in [-0.4, -0.2) is 22.4 Å².